The first-order valence-electron chi connectivity index (χ1n) is 6.18. The molecule has 2 rings (SSSR count). The van der Waals surface area contributed by atoms with E-state index < -0.39 is 11.9 Å². The molecule has 0 spiro atoms. The zero-order valence-electron chi connectivity index (χ0n) is 10.8. The number of hydrogen-bond donors (Lipinski definition) is 3. The van der Waals surface area contributed by atoms with Crippen LogP contribution in [0.15, 0.2) is 12.1 Å². The largest absolute Gasteiger partial charge is 0.478 e. The minimum atomic E-state index is -1.24. The van der Waals surface area contributed by atoms with Crippen LogP contribution < -0.4 is 10.6 Å². The van der Waals surface area contributed by atoms with Gasteiger partial charge in [0, 0.05) is 18.0 Å². The number of nitrogens with one attached hydrogen (secondary N) is 2. The molecule has 1 aliphatic heterocycles. The van der Waals surface area contributed by atoms with Gasteiger partial charge in [0.05, 0.1) is 22.2 Å². The molecule has 3 N–H and O–H groups in total. The number of piperidine rings is 1. The van der Waals surface area contributed by atoms with Crippen molar-refractivity contribution in [3.05, 3.63) is 27.7 Å². The summed E-state index contributed by atoms with van der Waals surface area (Å²) >= 11 is 11.7. The van der Waals surface area contributed by atoms with E-state index in [4.69, 9.17) is 28.3 Å². The molecule has 0 saturated carbocycles. The maximum atomic E-state index is 12.1. The summed E-state index contributed by atoms with van der Waals surface area (Å²) in [4.78, 5) is 34.4. The molecule has 1 atom stereocenters. The van der Waals surface area contributed by atoms with Gasteiger partial charge in [-0.15, -0.1) is 0 Å². The Morgan fingerprint density at radius 3 is 2.62 bits per heavy atom. The summed E-state index contributed by atoms with van der Waals surface area (Å²) in [5, 5.41) is 14.5. The predicted molar refractivity (Wildman–Crippen MR) is 77.8 cm³/mol. The lowest BCUT2D eigenvalue weighted by Gasteiger charge is -2.22. The van der Waals surface area contributed by atoms with Crippen LogP contribution >= 0.6 is 23.2 Å². The SMILES string of the molecule is O=C1CCC(C(=O)Nc2c(Cl)cc(Cl)cc2C(=O)O)CN1. The van der Waals surface area contributed by atoms with E-state index >= 15 is 0 Å². The standard InChI is InChI=1S/C13H12Cl2N2O4/c14-7-3-8(13(20)21)11(9(15)4-7)17-12(19)6-1-2-10(18)16-5-6/h3-4,6H,1-2,5H2,(H,16,18)(H,17,19)(H,20,21). The molecule has 0 bridgehead atoms. The smallest absolute Gasteiger partial charge is 0.337 e. The summed E-state index contributed by atoms with van der Waals surface area (Å²) in [6.45, 7) is 0.221. The quantitative estimate of drug-likeness (QED) is 0.791. The monoisotopic (exact) mass is 330 g/mol. The Morgan fingerprint density at radius 1 is 1.33 bits per heavy atom. The molecule has 112 valence electrons. The van der Waals surface area contributed by atoms with Gasteiger partial charge < -0.3 is 15.7 Å². The Kier molecular flexibility index (Phi) is 4.69. The van der Waals surface area contributed by atoms with Crippen LogP contribution in [-0.2, 0) is 9.59 Å². The second kappa shape index (κ2) is 6.32. The van der Waals surface area contributed by atoms with E-state index in [-0.39, 0.29) is 46.1 Å². The van der Waals surface area contributed by atoms with E-state index in [2.05, 4.69) is 10.6 Å². The number of halogens is 2. The molecule has 1 aromatic carbocycles. The normalized spacial score (nSPS) is 18.0. The fourth-order valence-corrected chi connectivity index (χ4v) is 2.59. The van der Waals surface area contributed by atoms with Crippen LogP contribution in [0.5, 0.6) is 0 Å². The number of carbonyl (C=O) groups is 3. The highest BCUT2D eigenvalue weighted by atomic mass is 35.5. The maximum Gasteiger partial charge on any atom is 0.337 e. The first-order valence-corrected chi connectivity index (χ1v) is 6.94. The molecule has 1 aliphatic rings. The van der Waals surface area contributed by atoms with Gasteiger partial charge in [-0.25, -0.2) is 4.79 Å². The minimum Gasteiger partial charge on any atom is -0.478 e. The van der Waals surface area contributed by atoms with Gasteiger partial charge in [-0.1, -0.05) is 23.2 Å². The lowest BCUT2D eigenvalue weighted by molar-refractivity contribution is -0.126. The van der Waals surface area contributed by atoms with Gasteiger partial charge in [0.1, 0.15) is 0 Å². The van der Waals surface area contributed by atoms with Gasteiger partial charge in [-0.3, -0.25) is 9.59 Å². The van der Waals surface area contributed by atoms with E-state index in [0.29, 0.717) is 6.42 Å². The number of hydrogen-bond acceptors (Lipinski definition) is 3. The summed E-state index contributed by atoms with van der Waals surface area (Å²) in [7, 11) is 0. The number of benzene rings is 1. The number of carbonyl (C=O) groups excluding carboxylic acids is 2. The average molecular weight is 331 g/mol. The van der Waals surface area contributed by atoms with Crippen LogP contribution in [0.3, 0.4) is 0 Å². The lowest BCUT2D eigenvalue weighted by atomic mass is 9.98. The van der Waals surface area contributed by atoms with Crippen molar-refractivity contribution < 1.29 is 19.5 Å². The van der Waals surface area contributed by atoms with Gasteiger partial charge >= 0.3 is 5.97 Å². The molecule has 6 nitrogen and oxygen atoms in total. The van der Waals surface area contributed by atoms with Crippen molar-refractivity contribution in [2.45, 2.75) is 12.8 Å². The third-order valence-corrected chi connectivity index (χ3v) is 3.69. The van der Waals surface area contributed by atoms with Gasteiger partial charge in [-0.2, -0.15) is 0 Å². The summed E-state index contributed by atoms with van der Waals surface area (Å²) in [6, 6.07) is 2.57. The predicted octanol–water partition coefficient (Wildman–Crippen LogP) is 2.16. The molecule has 0 radical (unpaired) electrons. The molecule has 1 unspecified atom stereocenters. The molecule has 1 aromatic rings. The lowest BCUT2D eigenvalue weighted by Crippen LogP contribution is -2.40. The minimum absolute atomic E-state index is 0.00969. The van der Waals surface area contributed by atoms with Crippen molar-refractivity contribution in [1.29, 1.82) is 0 Å². The van der Waals surface area contributed by atoms with Crippen molar-refractivity contribution in [2.24, 2.45) is 5.92 Å². The second-order valence-electron chi connectivity index (χ2n) is 4.64. The summed E-state index contributed by atoms with van der Waals surface area (Å²) in [6.07, 6.45) is 0.670. The van der Waals surface area contributed by atoms with Crippen LogP contribution in [0.4, 0.5) is 5.69 Å². The molecule has 8 heteroatoms. The third-order valence-electron chi connectivity index (χ3n) is 3.17. The number of anilines is 1. The first-order chi connectivity index (χ1) is 9.88. The van der Waals surface area contributed by atoms with Crippen LogP contribution in [-0.4, -0.2) is 29.4 Å². The molecule has 0 aliphatic carbocycles. The zero-order valence-corrected chi connectivity index (χ0v) is 12.3. The summed E-state index contributed by atoms with van der Waals surface area (Å²) in [5.41, 5.74) is -0.170. The van der Waals surface area contributed by atoms with Gasteiger partial charge in [0.15, 0.2) is 0 Å². The van der Waals surface area contributed by atoms with Crippen LogP contribution in [0.1, 0.15) is 23.2 Å². The fraction of sp³-hybridized carbons (Fsp3) is 0.308. The van der Waals surface area contributed by atoms with Crippen LogP contribution in [0.25, 0.3) is 0 Å². The topological polar surface area (TPSA) is 95.5 Å². The van der Waals surface area contributed by atoms with Crippen LogP contribution in [0, 0.1) is 5.92 Å². The zero-order chi connectivity index (χ0) is 15.6. The van der Waals surface area contributed by atoms with Crippen LogP contribution in [0.2, 0.25) is 10.0 Å². The number of amides is 2. The Bertz CT molecular complexity index is 608. The molecule has 1 fully saturated rings. The molecule has 2 amide bonds. The second-order valence-corrected chi connectivity index (χ2v) is 5.49. The Hall–Kier alpha value is -1.79. The van der Waals surface area contributed by atoms with Crippen molar-refractivity contribution in [1.82, 2.24) is 5.32 Å². The van der Waals surface area contributed by atoms with E-state index in [0.717, 1.165) is 0 Å². The summed E-state index contributed by atoms with van der Waals surface area (Å²) < 4.78 is 0. The van der Waals surface area contributed by atoms with Gasteiger partial charge in [-0.05, 0) is 18.6 Å². The van der Waals surface area contributed by atoms with Crippen molar-refractivity contribution >= 4 is 46.7 Å². The fourth-order valence-electron chi connectivity index (χ4n) is 2.05. The molecular formula is C13H12Cl2N2O4. The Labute approximate surface area is 130 Å². The van der Waals surface area contributed by atoms with Gasteiger partial charge in [0.2, 0.25) is 11.8 Å². The van der Waals surface area contributed by atoms with E-state index in [9.17, 15) is 14.4 Å². The average Bonchev–Trinajstić information content (AvgIpc) is 2.41. The Morgan fingerprint density at radius 2 is 2.05 bits per heavy atom. The highest BCUT2D eigenvalue weighted by molar-refractivity contribution is 6.37. The van der Waals surface area contributed by atoms with Crippen molar-refractivity contribution in [3.63, 3.8) is 0 Å². The highest BCUT2D eigenvalue weighted by Crippen LogP contribution is 2.31. The Balaban J connectivity index is 2.21. The van der Waals surface area contributed by atoms with Gasteiger partial charge in [0.25, 0.3) is 0 Å². The van der Waals surface area contributed by atoms with E-state index in [1.807, 2.05) is 0 Å². The third kappa shape index (κ3) is 3.65. The number of carboxylic acids is 1. The summed E-state index contributed by atoms with van der Waals surface area (Å²) in [5.74, 6) is -2.15. The molecule has 21 heavy (non-hydrogen) atoms. The number of carboxylic acid groups (broad SMARTS) is 1. The van der Waals surface area contributed by atoms with E-state index in [1.54, 1.807) is 0 Å². The first kappa shape index (κ1) is 15.6. The van der Waals surface area contributed by atoms with Crippen molar-refractivity contribution in [2.75, 3.05) is 11.9 Å². The molecular weight excluding hydrogens is 319 g/mol. The highest BCUT2D eigenvalue weighted by Gasteiger charge is 2.26. The number of aromatic carboxylic acids is 1. The van der Waals surface area contributed by atoms with E-state index in [1.165, 1.54) is 12.1 Å². The van der Waals surface area contributed by atoms with Crippen molar-refractivity contribution in [3.8, 4) is 0 Å². The maximum absolute atomic E-state index is 12.1. The molecule has 1 saturated heterocycles. The molecule has 1 heterocycles. The number of rotatable bonds is 3. The molecule has 0 aromatic heterocycles.